The Balaban J connectivity index is 3.37. The number of hydrogen-bond donors (Lipinski definition) is 1. The summed E-state index contributed by atoms with van der Waals surface area (Å²) in [5.74, 6) is 0.845. The molecule has 0 spiro atoms. The molecule has 0 rings (SSSR count). The molecule has 0 aromatic heterocycles. The molecule has 0 aliphatic rings. The third kappa shape index (κ3) is 4.90. The maximum atomic E-state index is 10.9. The lowest BCUT2D eigenvalue weighted by Gasteiger charge is -2.06. The lowest BCUT2D eigenvalue weighted by atomic mass is 10.3. The van der Waals surface area contributed by atoms with Crippen molar-refractivity contribution in [3.8, 4) is 0 Å². The lowest BCUT2D eigenvalue weighted by molar-refractivity contribution is 0.254. The van der Waals surface area contributed by atoms with E-state index in [9.17, 15) is 4.21 Å². The summed E-state index contributed by atoms with van der Waals surface area (Å²) in [6.45, 7) is 1.98. The van der Waals surface area contributed by atoms with Crippen LogP contribution in [0.1, 0.15) is 13.3 Å². The van der Waals surface area contributed by atoms with E-state index < -0.39 is 10.8 Å². The van der Waals surface area contributed by atoms with Crippen LogP contribution in [0.25, 0.3) is 0 Å². The molecule has 3 nitrogen and oxygen atoms in total. The minimum atomic E-state index is -0.897. The minimum Gasteiger partial charge on any atom is -0.371 e. The molecule has 2 unspecified atom stereocenters. The van der Waals surface area contributed by atoms with Crippen molar-refractivity contribution in [3.63, 3.8) is 0 Å². The van der Waals surface area contributed by atoms with Crippen LogP contribution >= 0.6 is 0 Å². The van der Waals surface area contributed by atoms with Crippen LogP contribution in [0.2, 0.25) is 0 Å². The standard InChI is InChI=1S/C6H15NO2S/c1-3-6(7)4-10(8)5-9-2/h6H,3-5,7H2,1-2H3. The monoisotopic (exact) mass is 165 g/mol. The van der Waals surface area contributed by atoms with Gasteiger partial charge in [0.25, 0.3) is 0 Å². The van der Waals surface area contributed by atoms with E-state index in [1.807, 2.05) is 6.92 Å². The Kier molecular flexibility index (Phi) is 5.87. The maximum absolute atomic E-state index is 10.9. The molecule has 0 saturated carbocycles. The Bertz CT molecular complexity index is 108. The summed E-state index contributed by atoms with van der Waals surface area (Å²) in [7, 11) is 0.640. The van der Waals surface area contributed by atoms with Crippen molar-refractivity contribution in [2.75, 3.05) is 18.8 Å². The first-order valence-corrected chi connectivity index (χ1v) is 4.79. The molecule has 0 amide bonds. The van der Waals surface area contributed by atoms with Crippen molar-refractivity contribution in [2.45, 2.75) is 19.4 Å². The van der Waals surface area contributed by atoms with Gasteiger partial charge < -0.3 is 10.5 Å². The van der Waals surface area contributed by atoms with Crippen molar-refractivity contribution in [3.05, 3.63) is 0 Å². The normalized spacial score (nSPS) is 16.7. The molecule has 0 radical (unpaired) electrons. The van der Waals surface area contributed by atoms with Gasteiger partial charge in [0.1, 0.15) is 5.94 Å². The Labute approximate surface area is 64.4 Å². The summed E-state index contributed by atoms with van der Waals surface area (Å²) >= 11 is 0. The van der Waals surface area contributed by atoms with Crippen molar-refractivity contribution in [1.29, 1.82) is 0 Å². The first-order valence-electron chi connectivity index (χ1n) is 3.30. The van der Waals surface area contributed by atoms with Gasteiger partial charge in [0, 0.05) is 29.7 Å². The number of hydrogen-bond acceptors (Lipinski definition) is 3. The SMILES string of the molecule is CCC(N)CS(=O)COC. The summed E-state index contributed by atoms with van der Waals surface area (Å²) in [6, 6.07) is 0.0518. The second kappa shape index (κ2) is 5.82. The van der Waals surface area contributed by atoms with Crippen LogP contribution in [-0.2, 0) is 15.5 Å². The molecule has 0 saturated heterocycles. The van der Waals surface area contributed by atoms with Crippen LogP contribution in [0.3, 0.4) is 0 Å². The summed E-state index contributed by atoms with van der Waals surface area (Å²) in [6.07, 6.45) is 0.870. The number of rotatable bonds is 5. The fourth-order valence-corrected chi connectivity index (χ4v) is 1.61. The van der Waals surface area contributed by atoms with Crippen molar-refractivity contribution in [1.82, 2.24) is 0 Å². The quantitative estimate of drug-likeness (QED) is 0.627. The molecule has 2 N–H and O–H groups in total. The molecule has 0 aliphatic carbocycles. The molecular formula is C6H15NO2S. The molecule has 4 heteroatoms. The second-order valence-corrected chi connectivity index (χ2v) is 3.63. The van der Waals surface area contributed by atoms with Gasteiger partial charge in [0.15, 0.2) is 0 Å². The fraction of sp³-hybridized carbons (Fsp3) is 1.00. The van der Waals surface area contributed by atoms with Crippen LogP contribution in [0.4, 0.5) is 0 Å². The van der Waals surface area contributed by atoms with Gasteiger partial charge in [-0.1, -0.05) is 6.92 Å². The Morgan fingerprint density at radius 3 is 2.70 bits per heavy atom. The van der Waals surface area contributed by atoms with E-state index in [1.54, 1.807) is 0 Å². The third-order valence-corrected chi connectivity index (χ3v) is 2.47. The first-order chi connectivity index (χ1) is 4.70. The zero-order valence-corrected chi connectivity index (χ0v) is 7.32. The zero-order chi connectivity index (χ0) is 7.98. The average molecular weight is 165 g/mol. The van der Waals surface area contributed by atoms with E-state index in [1.165, 1.54) is 7.11 Å². The molecule has 0 fully saturated rings. The zero-order valence-electron chi connectivity index (χ0n) is 6.50. The molecular weight excluding hydrogens is 150 g/mol. The number of ether oxygens (including phenoxy) is 1. The van der Waals surface area contributed by atoms with Crippen LogP contribution < -0.4 is 5.73 Å². The molecule has 10 heavy (non-hydrogen) atoms. The maximum Gasteiger partial charge on any atom is 0.121 e. The molecule has 2 atom stereocenters. The van der Waals surface area contributed by atoms with Crippen LogP contribution in [0, 0.1) is 0 Å². The van der Waals surface area contributed by atoms with Gasteiger partial charge in [-0.15, -0.1) is 0 Å². The Morgan fingerprint density at radius 2 is 2.30 bits per heavy atom. The topological polar surface area (TPSA) is 52.3 Å². The van der Waals surface area contributed by atoms with Gasteiger partial charge >= 0.3 is 0 Å². The highest BCUT2D eigenvalue weighted by molar-refractivity contribution is 7.84. The van der Waals surface area contributed by atoms with E-state index in [4.69, 9.17) is 10.5 Å². The summed E-state index contributed by atoms with van der Waals surface area (Å²) in [4.78, 5) is 0. The van der Waals surface area contributed by atoms with Gasteiger partial charge in [-0.3, -0.25) is 4.21 Å². The van der Waals surface area contributed by atoms with Gasteiger partial charge in [-0.05, 0) is 6.42 Å². The second-order valence-electron chi connectivity index (χ2n) is 2.18. The van der Waals surface area contributed by atoms with Crippen LogP contribution in [0.15, 0.2) is 0 Å². The van der Waals surface area contributed by atoms with Crippen LogP contribution in [0.5, 0.6) is 0 Å². The predicted octanol–water partition coefficient (Wildman–Crippen LogP) is 0.0763. The van der Waals surface area contributed by atoms with E-state index in [0.29, 0.717) is 11.7 Å². The summed E-state index contributed by atoms with van der Waals surface area (Å²) in [5, 5.41) is 0. The molecule has 0 aliphatic heterocycles. The third-order valence-electron chi connectivity index (χ3n) is 1.17. The number of nitrogens with two attached hydrogens (primary N) is 1. The summed E-state index contributed by atoms with van der Waals surface area (Å²) < 4.78 is 15.6. The van der Waals surface area contributed by atoms with Gasteiger partial charge in [0.05, 0.1) is 0 Å². The molecule has 0 aromatic rings. The van der Waals surface area contributed by atoms with Gasteiger partial charge in [-0.25, -0.2) is 0 Å². The highest BCUT2D eigenvalue weighted by Crippen LogP contribution is 1.91. The van der Waals surface area contributed by atoms with E-state index in [0.717, 1.165) is 6.42 Å². The fourth-order valence-electron chi connectivity index (χ4n) is 0.536. The Hall–Kier alpha value is 0.0700. The van der Waals surface area contributed by atoms with E-state index >= 15 is 0 Å². The van der Waals surface area contributed by atoms with Gasteiger partial charge in [-0.2, -0.15) is 0 Å². The molecule has 0 aromatic carbocycles. The summed E-state index contributed by atoms with van der Waals surface area (Å²) in [5.41, 5.74) is 5.56. The number of methoxy groups -OCH3 is 1. The highest BCUT2D eigenvalue weighted by Gasteiger charge is 2.04. The largest absolute Gasteiger partial charge is 0.371 e. The highest BCUT2D eigenvalue weighted by atomic mass is 32.2. The molecule has 0 bridgehead atoms. The smallest absolute Gasteiger partial charge is 0.121 e. The Morgan fingerprint density at radius 1 is 1.70 bits per heavy atom. The van der Waals surface area contributed by atoms with Gasteiger partial charge in [0.2, 0.25) is 0 Å². The predicted molar refractivity (Wildman–Crippen MR) is 43.2 cm³/mol. The molecule has 62 valence electrons. The van der Waals surface area contributed by atoms with E-state index in [-0.39, 0.29) is 6.04 Å². The lowest BCUT2D eigenvalue weighted by Crippen LogP contribution is -2.27. The first kappa shape index (κ1) is 10.1. The minimum absolute atomic E-state index is 0.0518. The average Bonchev–Trinajstić information content (AvgIpc) is 1.88. The molecule has 0 heterocycles. The van der Waals surface area contributed by atoms with Crippen molar-refractivity contribution >= 4 is 10.8 Å². The van der Waals surface area contributed by atoms with Crippen LogP contribution in [-0.4, -0.2) is 29.1 Å². The van der Waals surface area contributed by atoms with E-state index in [2.05, 4.69) is 0 Å². The van der Waals surface area contributed by atoms with Crippen molar-refractivity contribution < 1.29 is 8.95 Å². The van der Waals surface area contributed by atoms with Crippen molar-refractivity contribution in [2.24, 2.45) is 5.73 Å².